The molecule has 36 heavy (non-hydrogen) atoms. The number of para-hydroxylation sites is 1. The predicted molar refractivity (Wildman–Crippen MR) is 127 cm³/mol. The molecular formula is C23H16ClFN4O7. The molecule has 11 nitrogen and oxygen atoms in total. The number of ether oxygens (including phenoxy) is 2. The number of nitrogens with zero attached hydrogens (tertiary/aromatic N) is 2. The Hall–Kier alpha value is -4.84. The minimum Gasteiger partial charge on any atom is -0.493 e. The van der Waals surface area contributed by atoms with Crippen LogP contribution in [0.2, 0.25) is 5.02 Å². The van der Waals surface area contributed by atoms with Crippen LogP contribution in [0.1, 0.15) is 15.9 Å². The first-order chi connectivity index (χ1) is 17.2. The second-order valence-corrected chi connectivity index (χ2v) is 7.26. The van der Waals surface area contributed by atoms with Crippen molar-refractivity contribution in [2.24, 2.45) is 5.10 Å². The van der Waals surface area contributed by atoms with E-state index in [1.165, 1.54) is 61.9 Å². The van der Waals surface area contributed by atoms with Crippen LogP contribution >= 0.6 is 11.6 Å². The molecule has 0 spiro atoms. The van der Waals surface area contributed by atoms with Crippen molar-refractivity contribution in [3.8, 4) is 11.5 Å². The van der Waals surface area contributed by atoms with E-state index in [0.717, 1.165) is 12.1 Å². The second-order valence-electron chi connectivity index (χ2n) is 6.86. The van der Waals surface area contributed by atoms with E-state index in [1.807, 2.05) is 5.43 Å². The highest BCUT2D eigenvalue weighted by Crippen LogP contribution is 2.29. The lowest BCUT2D eigenvalue weighted by atomic mass is 10.2. The number of nitro groups is 1. The largest absolute Gasteiger partial charge is 0.493 e. The Morgan fingerprint density at radius 3 is 2.50 bits per heavy atom. The van der Waals surface area contributed by atoms with Crippen molar-refractivity contribution >= 4 is 47.0 Å². The van der Waals surface area contributed by atoms with E-state index in [1.54, 1.807) is 0 Å². The van der Waals surface area contributed by atoms with Gasteiger partial charge < -0.3 is 14.8 Å². The first-order valence-corrected chi connectivity index (χ1v) is 10.3. The molecule has 13 heteroatoms. The van der Waals surface area contributed by atoms with Gasteiger partial charge in [-0.15, -0.1) is 0 Å². The summed E-state index contributed by atoms with van der Waals surface area (Å²) in [6.07, 6.45) is 1.19. The number of carbonyl (C=O) groups is 3. The van der Waals surface area contributed by atoms with Gasteiger partial charge >= 0.3 is 17.8 Å². The van der Waals surface area contributed by atoms with E-state index in [9.17, 15) is 28.9 Å². The molecule has 3 aromatic rings. The zero-order chi connectivity index (χ0) is 26.2. The lowest BCUT2D eigenvalue weighted by Crippen LogP contribution is -2.32. The number of nitro benzene ring substituents is 1. The van der Waals surface area contributed by atoms with Gasteiger partial charge in [-0.25, -0.2) is 14.6 Å². The van der Waals surface area contributed by atoms with Gasteiger partial charge in [-0.2, -0.15) is 5.10 Å². The number of hydrogen-bond acceptors (Lipinski definition) is 8. The van der Waals surface area contributed by atoms with Gasteiger partial charge in [0, 0.05) is 11.8 Å². The number of rotatable bonds is 7. The first kappa shape index (κ1) is 25.8. The normalized spacial score (nSPS) is 10.5. The van der Waals surface area contributed by atoms with Crippen LogP contribution in [0.15, 0.2) is 65.8 Å². The van der Waals surface area contributed by atoms with Crippen molar-refractivity contribution in [1.29, 1.82) is 0 Å². The molecule has 0 radical (unpaired) electrons. The second kappa shape index (κ2) is 11.5. The van der Waals surface area contributed by atoms with Gasteiger partial charge in [0.1, 0.15) is 11.4 Å². The third kappa shape index (κ3) is 6.39. The van der Waals surface area contributed by atoms with Crippen molar-refractivity contribution in [1.82, 2.24) is 5.43 Å². The zero-order valence-electron chi connectivity index (χ0n) is 18.4. The third-order valence-corrected chi connectivity index (χ3v) is 4.76. The van der Waals surface area contributed by atoms with Crippen LogP contribution < -0.4 is 20.2 Å². The SMILES string of the molecule is COc1cc(/C=N/NC(=O)C(=O)Nc2ccc(F)c(Cl)c2)ccc1OC(=O)c1ccccc1[N+](=O)[O-]. The van der Waals surface area contributed by atoms with Crippen LogP contribution in [0.4, 0.5) is 15.8 Å². The van der Waals surface area contributed by atoms with Crippen LogP contribution in [0.3, 0.4) is 0 Å². The van der Waals surface area contributed by atoms with Crippen molar-refractivity contribution in [3.63, 3.8) is 0 Å². The highest BCUT2D eigenvalue weighted by molar-refractivity contribution is 6.39. The average molecular weight is 515 g/mol. The number of carbonyl (C=O) groups excluding carboxylic acids is 3. The maximum atomic E-state index is 13.2. The van der Waals surface area contributed by atoms with Crippen molar-refractivity contribution in [2.75, 3.05) is 12.4 Å². The van der Waals surface area contributed by atoms with Crippen LogP contribution in [-0.4, -0.2) is 36.0 Å². The van der Waals surface area contributed by atoms with Gasteiger partial charge in [0.2, 0.25) is 0 Å². The van der Waals surface area contributed by atoms with E-state index in [4.69, 9.17) is 21.1 Å². The Morgan fingerprint density at radius 1 is 1.06 bits per heavy atom. The van der Waals surface area contributed by atoms with Crippen LogP contribution in [0.5, 0.6) is 11.5 Å². The van der Waals surface area contributed by atoms with Crippen molar-refractivity contribution < 1.29 is 33.2 Å². The number of halogens is 2. The zero-order valence-corrected chi connectivity index (χ0v) is 19.1. The number of hydrogen-bond donors (Lipinski definition) is 2. The van der Waals surface area contributed by atoms with Gasteiger partial charge in [0.25, 0.3) is 5.69 Å². The van der Waals surface area contributed by atoms with Crippen LogP contribution in [0.25, 0.3) is 0 Å². The molecule has 0 bridgehead atoms. The Morgan fingerprint density at radius 2 is 1.81 bits per heavy atom. The molecule has 3 aromatic carbocycles. The lowest BCUT2D eigenvalue weighted by Gasteiger charge is -2.10. The van der Waals surface area contributed by atoms with E-state index in [0.29, 0.717) is 5.56 Å². The summed E-state index contributed by atoms with van der Waals surface area (Å²) in [5.74, 6) is -3.72. The first-order valence-electron chi connectivity index (χ1n) is 9.92. The van der Waals surface area contributed by atoms with E-state index >= 15 is 0 Å². The lowest BCUT2D eigenvalue weighted by molar-refractivity contribution is -0.385. The minimum atomic E-state index is -1.10. The molecule has 0 aliphatic rings. The molecular weight excluding hydrogens is 499 g/mol. The summed E-state index contributed by atoms with van der Waals surface area (Å²) in [7, 11) is 1.31. The minimum absolute atomic E-state index is 0.0147. The van der Waals surface area contributed by atoms with E-state index in [2.05, 4.69) is 10.4 Å². The fourth-order valence-corrected chi connectivity index (χ4v) is 2.97. The molecule has 0 saturated heterocycles. The fourth-order valence-electron chi connectivity index (χ4n) is 2.79. The van der Waals surface area contributed by atoms with E-state index < -0.39 is 34.2 Å². The standard InChI is InChI=1S/C23H16ClFN4O7/c1-35-20-10-13(6-9-19(20)36-23(32)15-4-2-3-5-18(15)29(33)34)12-26-28-22(31)21(30)27-14-7-8-17(25)16(24)11-14/h2-12H,1H3,(H,27,30)(H,28,31)/b26-12+. The van der Waals surface area contributed by atoms with Gasteiger partial charge in [0.05, 0.1) is 23.3 Å². The Kier molecular flexibility index (Phi) is 8.26. The number of benzene rings is 3. The number of methoxy groups -OCH3 is 1. The van der Waals surface area contributed by atoms with Crippen molar-refractivity contribution in [2.45, 2.75) is 0 Å². The summed E-state index contributed by atoms with van der Waals surface area (Å²) in [6.45, 7) is 0. The molecule has 0 saturated carbocycles. The summed E-state index contributed by atoms with van der Waals surface area (Å²) < 4.78 is 23.6. The molecule has 0 fully saturated rings. The molecule has 2 N–H and O–H groups in total. The summed E-state index contributed by atoms with van der Waals surface area (Å²) in [4.78, 5) is 46.8. The summed E-state index contributed by atoms with van der Waals surface area (Å²) >= 11 is 5.63. The Bertz CT molecular complexity index is 1380. The third-order valence-electron chi connectivity index (χ3n) is 4.47. The number of amides is 2. The van der Waals surface area contributed by atoms with Crippen LogP contribution in [0, 0.1) is 15.9 Å². The molecule has 0 aliphatic heterocycles. The van der Waals surface area contributed by atoms with E-state index in [-0.39, 0.29) is 27.8 Å². The smallest absolute Gasteiger partial charge is 0.350 e. The average Bonchev–Trinajstić information content (AvgIpc) is 2.86. The number of anilines is 1. The fraction of sp³-hybridized carbons (Fsp3) is 0.0435. The molecule has 184 valence electrons. The monoisotopic (exact) mass is 514 g/mol. The highest BCUT2D eigenvalue weighted by atomic mass is 35.5. The molecule has 0 heterocycles. The summed E-state index contributed by atoms with van der Waals surface area (Å²) in [6, 6.07) is 13.0. The number of nitrogens with one attached hydrogen (secondary N) is 2. The maximum absolute atomic E-state index is 13.2. The number of hydrazone groups is 1. The van der Waals surface area contributed by atoms with Gasteiger partial charge in [-0.1, -0.05) is 23.7 Å². The van der Waals surface area contributed by atoms with Gasteiger partial charge in [0.15, 0.2) is 11.5 Å². The predicted octanol–water partition coefficient (Wildman–Crippen LogP) is 3.70. The Labute approximate surface area is 207 Å². The molecule has 0 aliphatic carbocycles. The Balaban J connectivity index is 1.64. The molecule has 3 rings (SSSR count). The topological polar surface area (TPSA) is 149 Å². The van der Waals surface area contributed by atoms with Gasteiger partial charge in [-0.05, 0) is 48.0 Å². The molecule has 0 unspecified atom stereocenters. The van der Waals surface area contributed by atoms with Crippen molar-refractivity contribution in [3.05, 3.63) is 92.7 Å². The summed E-state index contributed by atoms with van der Waals surface area (Å²) in [5.41, 5.74) is 1.88. The summed E-state index contributed by atoms with van der Waals surface area (Å²) in [5, 5.41) is 16.8. The highest BCUT2D eigenvalue weighted by Gasteiger charge is 2.22. The van der Waals surface area contributed by atoms with Gasteiger partial charge in [-0.3, -0.25) is 19.7 Å². The molecule has 2 amide bonds. The quantitative estimate of drug-likeness (QED) is 0.122. The van der Waals surface area contributed by atoms with Crippen LogP contribution in [-0.2, 0) is 9.59 Å². The molecule has 0 aromatic heterocycles. The maximum Gasteiger partial charge on any atom is 0.350 e. The molecule has 0 atom stereocenters. The number of esters is 1.